The Balaban J connectivity index is 2.05. The molecule has 0 amide bonds. The third-order valence-corrected chi connectivity index (χ3v) is 6.51. The van der Waals surface area contributed by atoms with Gasteiger partial charge >= 0.3 is 0 Å². The Kier molecular flexibility index (Phi) is 5.30. The van der Waals surface area contributed by atoms with Crippen molar-refractivity contribution in [2.75, 3.05) is 24.6 Å². The maximum absolute atomic E-state index is 12.2. The van der Waals surface area contributed by atoms with Gasteiger partial charge in [0.05, 0.1) is 5.75 Å². The van der Waals surface area contributed by atoms with E-state index in [9.17, 15) is 8.42 Å². The van der Waals surface area contributed by atoms with E-state index in [0.717, 1.165) is 18.6 Å². The minimum Gasteiger partial charge on any atom is -0.212 e. The summed E-state index contributed by atoms with van der Waals surface area (Å²) in [6, 6.07) is 10.2. The third-order valence-electron chi connectivity index (χ3n) is 3.35. The first-order chi connectivity index (χ1) is 9.13. The summed E-state index contributed by atoms with van der Waals surface area (Å²) in [4.78, 5) is 0. The summed E-state index contributed by atoms with van der Waals surface area (Å²) in [7, 11) is -3.07. The number of unbranched alkanes of at least 4 members (excludes halogenated alkanes) is 1. The minimum absolute atomic E-state index is 0.270. The first kappa shape index (κ1) is 14.9. The van der Waals surface area contributed by atoms with Gasteiger partial charge in [0.15, 0.2) is 0 Å². The van der Waals surface area contributed by atoms with Crippen LogP contribution >= 0.6 is 11.8 Å². The lowest BCUT2D eigenvalue weighted by Crippen LogP contribution is -2.40. The van der Waals surface area contributed by atoms with Crippen LogP contribution in [0.4, 0.5) is 0 Å². The molecule has 1 aliphatic rings. The van der Waals surface area contributed by atoms with Crippen LogP contribution in [-0.4, -0.2) is 37.3 Å². The van der Waals surface area contributed by atoms with Gasteiger partial charge in [-0.05, 0) is 12.0 Å². The molecule has 0 spiro atoms. The lowest BCUT2D eigenvalue weighted by atomic mass is 10.1. The average molecular weight is 299 g/mol. The van der Waals surface area contributed by atoms with Crippen LogP contribution < -0.4 is 0 Å². The van der Waals surface area contributed by atoms with Crippen molar-refractivity contribution in [1.82, 2.24) is 4.31 Å². The van der Waals surface area contributed by atoms with Gasteiger partial charge in [-0.15, -0.1) is 0 Å². The Morgan fingerprint density at radius 2 is 2.05 bits per heavy atom. The highest BCUT2D eigenvalue weighted by Crippen LogP contribution is 2.34. The van der Waals surface area contributed by atoms with Crippen LogP contribution in [0.15, 0.2) is 30.3 Å². The van der Waals surface area contributed by atoms with Crippen LogP contribution in [0.3, 0.4) is 0 Å². The Hall–Kier alpha value is -0.520. The largest absolute Gasteiger partial charge is 0.214 e. The summed E-state index contributed by atoms with van der Waals surface area (Å²) in [6.07, 6.45) is 1.67. The second-order valence-electron chi connectivity index (χ2n) is 4.80. The number of nitrogens with zero attached hydrogens (tertiary/aromatic N) is 1. The summed E-state index contributed by atoms with van der Waals surface area (Å²) in [5.41, 5.74) is 1.22. The molecule has 1 atom stereocenters. The van der Waals surface area contributed by atoms with Gasteiger partial charge in [-0.3, -0.25) is 0 Å². The van der Waals surface area contributed by atoms with Crippen LogP contribution in [-0.2, 0) is 10.0 Å². The van der Waals surface area contributed by atoms with Crippen LogP contribution in [0.1, 0.15) is 30.6 Å². The molecule has 1 aliphatic heterocycles. The fourth-order valence-electron chi connectivity index (χ4n) is 2.20. The van der Waals surface area contributed by atoms with Gasteiger partial charge < -0.3 is 0 Å². The standard InChI is InChI=1S/C14H21NO2S2/c1-2-3-11-19(16,17)15-9-10-18-14(12-15)13-7-5-4-6-8-13/h4-8,14H,2-3,9-12H2,1H3. The zero-order chi connectivity index (χ0) is 13.7. The number of hydrogen-bond acceptors (Lipinski definition) is 3. The van der Waals surface area contributed by atoms with Gasteiger partial charge in [0, 0.05) is 24.1 Å². The predicted molar refractivity (Wildman–Crippen MR) is 81.9 cm³/mol. The van der Waals surface area contributed by atoms with Gasteiger partial charge in [-0.1, -0.05) is 43.7 Å². The van der Waals surface area contributed by atoms with E-state index < -0.39 is 10.0 Å². The predicted octanol–water partition coefficient (Wildman–Crippen LogP) is 2.91. The van der Waals surface area contributed by atoms with Crippen molar-refractivity contribution in [2.45, 2.75) is 25.0 Å². The van der Waals surface area contributed by atoms with Crippen molar-refractivity contribution in [3.05, 3.63) is 35.9 Å². The van der Waals surface area contributed by atoms with Crippen LogP contribution in [0.25, 0.3) is 0 Å². The van der Waals surface area contributed by atoms with Gasteiger partial charge in [0.25, 0.3) is 0 Å². The smallest absolute Gasteiger partial charge is 0.212 e. The van der Waals surface area contributed by atoms with Crippen LogP contribution in [0, 0.1) is 0 Å². The molecule has 1 aromatic carbocycles. The Labute approximate surface area is 120 Å². The number of thioether (sulfide) groups is 1. The second-order valence-corrected chi connectivity index (χ2v) is 8.20. The summed E-state index contributed by atoms with van der Waals surface area (Å²) < 4.78 is 26.2. The lowest BCUT2D eigenvalue weighted by Gasteiger charge is -2.31. The SMILES string of the molecule is CCCCS(=O)(=O)N1CCSC(c2ccccc2)C1. The van der Waals surface area contributed by atoms with E-state index in [0.29, 0.717) is 13.1 Å². The van der Waals surface area contributed by atoms with E-state index in [-0.39, 0.29) is 11.0 Å². The van der Waals surface area contributed by atoms with Gasteiger partial charge in [-0.25, -0.2) is 8.42 Å². The fraction of sp³-hybridized carbons (Fsp3) is 0.571. The molecule has 1 heterocycles. The molecule has 5 heteroatoms. The maximum Gasteiger partial charge on any atom is 0.214 e. The fourth-order valence-corrected chi connectivity index (χ4v) is 5.32. The number of sulfonamides is 1. The molecule has 1 fully saturated rings. The Bertz CT molecular complexity index is 487. The second kappa shape index (κ2) is 6.77. The summed E-state index contributed by atoms with van der Waals surface area (Å²) in [5.74, 6) is 1.17. The molecule has 1 unspecified atom stereocenters. The van der Waals surface area contributed by atoms with Gasteiger partial charge in [-0.2, -0.15) is 16.1 Å². The molecule has 106 valence electrons. The highest BCUT2D eigenvalue weighted by Gasteiger charge is 2.29. The van der Waals surface area contributed by atoms with Crippen LogP contribution in [0.5, 0.6) is 0 Å². The molecule has 1 aromatic rings. The van der Waals surface area contributed by atoms with Crippen molar-refractivity contribution >= 4 is 21.8 Å². The molecule has 1 saturated heterocycles. The zero-order valence-electron chi connectivity index (χ0n) is 11.3. The first-order valence-electron chi connectivity index (χ1n) is 6.78. The molecule has 0 aliphatic carbocycles. The zero-order valence-corrected chi connectivity index (χ0v) is 12.9. The van der Waals surface area contributed by atoms with Crippen LogP contribution in [0.2, 0.25) is 0 Å². The van der Waals surface area contributed by atoms with Crippen molar-refractivity contribution in [3.63, 3.8) is 0 Å². The van der Waals surface area contributed by atoms with E-state index in [1.54, 1.807) is 4.31 Å². The van der Waals surface area contributed by atoms with Crippen molar-refractivity contribution in [2.24, 2.45) is 0 Å². The normalized spacial score (nSPS) is 21.4. The molecule has 0 aromatic heterocycles. The molecule has 0 saturated carbocycles. The molecule has 19 heavy (non-hydrogen) atoms. The average Bonchev–Trinajstić information content (AvgIpc) is 2.46. The highest BCUT2D eigenvalue weighted by molar-refractivity contribution is 7.99. The van der Waals surface area contributed by atoms with Gasteiger partial charge in [0.1, 0.15) is 0 Å². The number of rotatable bonds is 5. The quantitative estimate of drug-likeness (QED) is 0.839. The Morgan fingerprint density at radius 1 is 1.32 bits per heavy atom. The van der Waals surface area contributed by atoms with E-state index in [2.05, 4.69) is 12.1 Å². The monoisotopic (exact) mass is 299 g/mol. The lowest BCUT2D eigenvalue weighted by molar-refractivity contribution is 0.420. The molecule has 0 N–H and O–H groups in total. The molecule has 0 bridgehead atoms. The van der Waals surface area contributed by atoms with E-state index >= 15 is 0 Å². The number of benzene rings is 1. The van der Waals surface area contributed by atoms with Gasteiger partial charge in [0.2, 0.25) is 10.0 Å². The molecule has 0 radical (unpaired) electrons. The first-order valence-corrected chi connectivity index (χ1v) is 9.43. The highest BCUT2D eigenvalue weighted by atomic mass is 32.2. The molecule has 2 rings (SSSR count). The topological polar surface area (TPSA) is 37.4 Å². The summed E-state index contributed by atoms with van der Waals surface area (Å²) >= 11 is 1.85. The third kappa shape index (κ3) is 3.97. The van der Waals surface area contributed by atoms with E-state index in [1.807, 2.05) is 36.9 Å². The van der Waals surface area contributed by atoms with E-state index in [4.69, 9.17) is 0 Å². The van der Waals surface area contributed by atoms with Crippen molar-refractivity contribution in [3.8, 4) is 0 Å². The Morgan fingerprint density at radius 3 is 2.74 bits per heavy atom. The summed E-state index contributed by atoms with van der Waals surface area (Å²) in [5, 5.41) is 0.270. The van der Waals surface area contributed by atoms with Crippen molar-refractivity contribution < 1.29 is 8.42 Å². The molecule has 3 nitrogen and oxygen atoms in total. The molecular formula is C14H21NO2S2. The number of hydrogen-bond donors (Lipinski definition) is 0. The molecular weight excluding hydrogens is 278 g/mol. The van der Waals surface area contributed by atoms with E-state index in [1.165, 1.54) is 5.56 Å². The maximum atomic E-state index is 12.2. The summed E-state index contributed by atoms with van der Waals surface area (Å²) in [6.45, 7) is 3.29. The minimum atomic E-state index is -3.07. The van der Waals surface area contributed by atoms with Crippen molar-refractivity contribution in [1.29, 1.82) is 0 Å².